The lowest BCUT2D eigenvalue weighted by molar-refractivity contribution is 0.101. The first-order valence-corrected chi connectivity index (χ1v) is 19.1. The molecule has 3 N–H and O–H groups in total. The summed E-state index contributed by atoms with van der Waals surface area (Å²) in [5.74, 6) is -0.590. The highest BCUT2D eigenvalue weighted by Crippen LogP contribution is 2.39. The van der Waals surface area contributed by atoms with Crippen LogP contribution in [0.1, 0.15) is 33.1 Å². The Hall–Kier alpha value is -8.03. The summed E-state index contributed by atoms with van der Waals surface area (Å²) in [7, 11) is 0. The summed E-state index contributed by atoms with van der Waals surface area (Å²) in [6, 6.07) is 55.6. The van der Waals surface area contributed by atoms with E-state index in [2.05, 4.69) is 83.2 Å². The van der Waals surface area contributed by atoms with Crippen LogP contribution >= 0.6 is 0 Å². The minimum absolute atomic E-state index is 0.117. The number of phenolic OH excluding ortho intramolecular Hbond substituents is 1. The fraction of sp³-hybridized carbons (Fsp3) is 0. The van der Waals surface area contributed by atoms with E-state index in [1.165, 1.54) is 6.07 Å². The number of nitrogens with one attached hydrogen (secondary N) is 2. The number of carbonyl (C=O) groups is 1. The monoisotopic (exact) mass is 749 g/mol. The van der Waals surface area contributed by atoms with Crippen molar-refractivity contribution < 1.29 is 9.90 Å². The number of rotatable bonds is 6. The Morgan fingerprint density at radius 1 is 0.448 bits per heavy atom. The first-order chi connectivity index (χ1) is 28.6. The van der Waals surface area contributed by atoms with E-state index in [1.807, 2.05) is 102 Å². The van der Waals surface area contributed by atoms with Gasteiger partial charge in [-0.1, -0.05) is 133 Å². The average Bonchev–Trinajstić information content (AvgIpc) is 4.11. The molecule has 2 aliphatic heterocycles. The zero-order chi connectivity index (χ0) is 39.0. The van der Waals surface area contributed by atoms with E-state index in [1.54, 1.807) is 18.2 Å². The van der Waals surface area contributed by atoms with Crippen LogP contribution in [0.2, 0.25) is 0 Å². The van der Waals surface area contributed by atoms with E-state index in [-0.39, 0.29) is 11.3 Å². The third-order valence-corrected chi connectivity index (χ3v) is 10.5. The second-order valence-corrected chi connectivity index (χ2v) is 14.1. The number of hydrogen-bond acceptors (Lipinski definition) is 4. The van der Waals surface area contributed by atoms with Gasteiger partial charge in [0.2, 0.25) is 0 Å². The van der Waals surface area contributed by atoms with E-state index in [0.29, 0.717) is 11.0 Å². The molecule has 0 saturated heterocycles. The molecule has 1 amide bonds. The Kier molecular flexibility index (Phi) is 8.65. The van der Waals surface area contributed by atoms with Crippen molar-refractivity contribution in [3.8, 4) is 50.3 Å². The molecule has 7 heteroatoms. The van der Waals surface area contributed by atoms with Gasteiger partial charge >= 0.3 is 0 Å². The van der Waals surface area contributed by atoms with Crippen LogP contribution in [0.4, 0.5) is 0 Å². The molecule has 0 saturated carbocycles. The van der Waals surface area contributed by atoms with Crippen molar-refractivity contribution in [2.45, 2.75) is 0 Å². The first-order valence-electron chi connectivity index (χ1n) is 19.1. The maximum atomic E-state index is 14.3. The van der Waals surface area contributed by atoms with Gasteiger partial charge in [0.15, 0.2) is 0 Å². The molecule has 0 radical (unpaired) electrons. The molecule has 8 aromatic rings. The molecule has 0 fully saturated rings. The van der Waals surface area contributed by atoms with Crippen LogP contribution in [0.5, 0.6) is 5.75 Å². The standard InChI is InChI=1S/C51H35N5O2/c57-46-24-14-13-23-37(46)51(58)55-56-44-31-32-45(56)50(36-21-11-4-12-22-36)43-30-28-41(54-43)48(34-17-7-2-8-18-34)39-26-25-38(52-39)47(33-15-5-1-6-16-33)40-27-29-42(53-40)49(44)35-19-9-3-10-20-35/h1-32,52,57H,(H,55,58). The fourth-order valence-electron chi connectivity index (χ4n) is 7.90. The number of phenols is 1. The fourth-order valence-corrected chi connectivity index (χ4v) is 7.90. The number of aromatic amines is 1. The molecule has 7 nitrogen and oxygen atoms in total. The van der Waals surface area contributed by atoms with Gasteiger partial charge in [-0.05, 0) is 83.0 Å². The van der Waals surface area contributed by atoms with E-state index < -0.39 is 5.91 Å². The number of aromatic nitrogens is 4. The van der Waals surface area contributed by atoms with Gasteiger partial charge in [-0.25, -0.2) is 9.97 Å². The topological polar surface area (TPSA) is 95.8 Å². The lowest BCUT2D eigenvalue weighted by atomic mass is 10.0. The number of fused-ring (bicyclic) bond motifs is 8. The van der Waals surface area contributed by atoms with Crippen molar-refractivity contribution in [2.75, 3.05) is 5.43 Å². The second kappa shape index (κ2) is 14.6. The Labute approximate surface area is 334 Å². The number of nitrogens with zero attached hydrogens (tertiary/aromatic N) is 3. The second-order valence-electron chi connectivity index (χ2n) is 14.1. The third-order valence-electron chi connectivity index (χ3n) is 10.5. The largest absolute Gasteiger partial charge is 0.507 e. The van der Waals surface area contributed by atoms with E-state index in [0.717, 1.165) is 78.3 Å². The summed E-state index contributed by atoms with van der Waals surface area (Å²) in [5, 5.41) is 10.8. The zero-order valence-corrected chi connectivity index (χ0v) is 31.2. The lowest BCUT2D eigenvalue weighted by Crippen LogP contribution is -2.23. The summed E-state index contributed by atoms with van der Waals surface area (Å²) in [4.78, 5) is 28.9. The summed E-state index contributed by atoms with van der Waals surface area (Å²) in [5.41, 5.74) is 17.0. The lowest BCUT2D eigenvalue weighted by Gasteiger charge is -2.15. The highest BCUT2D eigenvalue weighted by molar-refractivity contribution is 6.05. The van der Waals surface area contributed by atoms with Crippen molar-refractivity contribution in [2.24, 2.45) is 0 Å². The molecule has 0 aliphatic carbocycles. The molecular formula is C51H35N5O2. The normalized spacial score (nSPS) is 11.8. The van der Waals surface area contributed by atoms with Crippen molar-refractivity contribution in [1.29, 1.82) is 0 Å². The van der Waals surface area contributed by atoms with Crippen molar-refractivity contribution in [3.63, 3.8) is 0 Å². The van der Waals surface area contributed by atoms with Gasteiger partial charge in [-0.3, -0.25) is 14.9 Å². The van der Waals surface area contributed by atoms with Gasteiger partial charge < -0.3 is 10.1 Å². The summed E-state index contributed by atoms with van der Waals surface area (Å²) in [6.45, 7) is 0. The molecule has 0 atom stereocenters. The number of aromatic hydroxyl groups is 1. The molecular weight excluding hydrogens is 715 g/mol. The van der Waals surface area contributed by atoms with Crippen LogP contribution in [-0.4, -0.2) is 30.6 Å². The molecule has 58 heavy (non-hydrogen) atoms. The minimum Gasteiger partial charge on any atom is -0.507 e. The zero-order valence-electron chi connectivity index (χ0n) is 31.2. The number of hydrogen-bond donors (Lipinski definition) is 3. The van der Waals surface area contributed by atoms with Gasteiger partial charge in [0, 0.05) is 33.3 Å². The van der Waals surface area contributed by atoms with Crippen molar-refractivity contribution in [3.05, 3.63) is 198 Å². The number of carbonyl (C=O) groups excluding carboxylic acids is 1. The van der Waals surface area contributed by atoms with Gasteiger partial charge in [0.1, 0.15) is 5.75 Å². The van der Waals surface area contributed by atoms with E-state index >= 15 is 0 Å². The predicted octanol–water partition coefficient (Wildman–Crippen LogP) is 11.9. The van der Waals surface area contributed by atoms with Crippen LogP contribution in [0.3, 0.4) is 0 Å². The first kappa shape index (κ1) is 34.5. The van der Waals surface area contributed by atoms with Crippen molar-refractivity contribution >= 4 is 52.3 Å². The molecule has 10 rings (SSSR count). The van der Waals surface area contributed by atoms with Crippen LogP contribution in [0, 0.1) is 0 Å². The quantitative estimate of drug-likeness (QED) is 0.158. The van der Waals surface area contributed by atoms with Crippen LogP contribution < -0.4 is 5.43 Å². The molecule has 3 aromatic heterocycles. The molecule has 0 unspecified atom stereocenters. The van der Waals surface area contributed by atoms with Crippen LogP contribution in [-0.2, 0) is 0 Å². The molecule has 5 aromatic carbocycles. The van der Waals surface area contributed by atoms with Crippen LogP contribution in [0.25, 0.3) is 90.9 Å². The molecule has 276 valence electrons. The van der Waals surface area contributed by atoms with Gasteiger partial charge in [-0.2, -0.15) is 0 Å². The Balaban J connectivity index is 1.42. The Morgan fingerprint density at radius 3 is 1.22 bits per heavy atom. The highest BCUT2D eigenvalue weighted by atomic mass is 16.3. The Bertz CT molecular complexity index is 2920. The van der Waals surface area contributed by atoms with Crippen LogP contribution in [0.15, 0.2) is 170 Å². The SMILES string of the molecule is O=C(Nn1c2ccc1c(-c1ccccc1)c1nc(c(-c3ccccc3)c3ccc([nH]3)c(-c3ccccc3)c3nc(c2-c2ccccc2)C=C3)C=C1)c1ccccc1O. The van der Waals surface area contributed by atoms with Gasteiger partial charge in [0.05, 0.1) is 39.4 Å². The third kappa shape index (κ3) is 6.17. The number of H-pyrrole nitrogens is 1. The number of para-hydroxylation sites is 1. The average molecular weight is 750 g/mol. The Morgan fingerprint density at radius 2 is 0.810 bits per heavy atom. The highest BCUT2D eigenvalue weighted by Gasteiger charge is 2.22. The van der Waals surface area contributed by atoms with Gasteiger partial charge in [0.25, 0.3) is 5.91 Å². The smallest absolute Gasteiger partial charge is 0.273 e. The summed E-state index contributed by atoms with van der Waals surface area (Å²) in [6.07, 6.45) is 8.20. The maximum absolute atomic E-state index is 14.3. The molecule has 5 heterocycles. The predicted molar refractivity (Wildman–Crippen MR) is 236 cm³/mol. The van der Waals surface area contributed by atoms with Gasteiger partial charge in [-0.15, -0.1) is 0 Å². The maximum Gasteiger partial charge on any atom is 0.273 e. The molecule has 2 aliphatic rings. The summed E-state index contributed by atoms with van der Waals surface area (Å²) < 4.78 is 1.81. The van der Waals surface area contributed by atoms with E-state index in [9.17, 15) is 9.90 Å². The molecule has 0 spiro atoms. The summed E-state index contributed by atoms with van der Waals surface area (Å²) >= 11 is 0. The minimum atomic E-state index is -0.473. The number of amides is 1. The number of benzene rings is 5. The van der Waals surface area contributed by atoms with E-state index in [4.69, 9.17) is 9.97 Å². The van der Waals surface area contributed by atoms with Crippen molar-refractivity contribution in [1.82, 2.24) is 19.6 Å². The molecule has 8 bridgehead atoms.